The normalized spacial score (nSPS) is 13.9. The number of piperazine rings is 1. The molecule has 1 aliphatic rings. The molecule has 29 heavy (non-hydrogen) atoms. The number of nitrogens with zero attached hydrogens (tertiary/aromatic N) is 5. The minimum atomic E-state index is -0.140. The lowest BCUT2D eigenvalue weighted by atomic mass is 10.1. The van der Waals surface area contributed by atoms with Crippen LogP contribution in [0.2, 0.25) is 0 Å². The van der Waals surface area contributed by atoms with Crippen LogP contribution >= 0.6 is 0 Å². The van der Waals surface area contributed by atoms with E-state index in [1.165, 1.54) is 5.56 Å². The molecule has 0 unspecified atom stereocenters. The minimum Gasteiger partial charge on any atom is -0.367 e. The van der Waals surface area contributed by atoms with Crippen molar-refractivity contribution in [1.29, 1.82) is 0 Å². The molecule has 1 fully saturated rings. The molecule has 0 bridgehead atoms. The summed E-state index contributed by atoms with van der Waals surface area (Å²) in [6, 6.07) is 15.7. The number of carbonyl (C=O) groups excluding carboxylic acids is 1. The van der Waals surface area contributed by atoms with E-state index >= 15 is 0 Å². The van der Waals surface area contributed by atoms with Gasteiger partial charge in [0.1, 0.15) is 5.69 Å². The number of nitrogens with one attached hydrogen (secondary N) is 1. The van der Waals surface area contributed by atoms with E-state index in [0.29, 0.717) is 12.2 Å². The molecule has 0 aliphatic carbocycles. The summed E-state index contributed by atoms with van der Waals surface area (Å²) in [5.41, 5.74) is 2.67. The zero-order valence-corrected chi connectivity index (χ0v) is 16.2. The fourth-order valence-corrected chi connectivity index (χ4v) is 3.38. The Kier molecular flexibility index (Phi) is 5.95. The molecule has 7 nitrogen and oxygen atoms in total. The number of hydrogen-bond donors (Lipinski definition) is 1. The van der Waals surface area contributed by atoms with Crippen molar-refractivity contribution in [3.05, 3.63) is 78.4 Å². The molecule has 0 spiro atoms. The molecule has 1 saturated heterocycles. The molecular weight excluding hydrogens is 364 g/mol. The molecule has 4 rings (SSSR count). The Morgan fingerprint density at radius 1 is 0.862 bits per heavy atom. The lowest BCUT2D eigenvalue weighted by Crippen LogP contribution is -2.47. The maximum absolute atomic E-state index is 12.3. The zero-order valence-electron chi connectivity index (χ0n) is 16.2. The first-order chi connectivity index (χ1) is 14.3. The van der Waals surface area contributed by atoms with Gasteiger partial charge >= 0.3 is 0 Å². The van der Waals surface area contributed by atoms with Crippen LogP contribution in [0.1, 0.15) is 16.1 Å². The van der Waals surface area contributed by atoms with Crippen molar-refractivity contribution in [2.75, 3.05) is 42.5 Å². The Balaban J connectivity index is 1.27. The molecule has 148 valence electrons. The lowest BCUT2D eigenvalue weighted by Gasteiger charge is -2.35. The van der Waals surface area contributed by atoms with Gasteiger partial charge in [-0.25, -0.2) is 15.0 Å². The van der Waals surface area contributed by atoms with Gasteiger partial charge in [0.2, 0.25) is 5.95 Å². The second kappa shape index (κ2) is 9.14. The van der Waals surface area contributed by atoms with Gasteiger partial charge in [-0.3, -0.25) is 4.79 Å². The van der Waals surface area contributed by atoms with Gasteiger partial charge in [0.05, 0.1) is 11.9 Å². The van der Waals surface area contributed by atoms with Crippen LogP contribution in [0.5, 0.6) is 0 Å². The van der Waals surface area contributed by atoms with E-state index in [-0.39, 0.29) is 5.91 Å². The third-order valence-electron chi connectivity index (χ3n) is 5.00. The number of pyridine rings is 1. The first kappa shape index (κ1) is 18.9. The van der Waals surface area contributed by atoms with Crippen LogP contribution in [-0.4, -0.2) is 53.6 Å². The van der Waals surface area contributed by atoms with E-state index in [1.807, 2.05) is 30.3 Å². The molecule has 2 aromatic heterocycles. The van der Waals surface area contributed by atoms with E-state index in [2.05, 4.69) is 42.2 Å². The summed E-state index contributed by atoms with van der Waals surface area (Å²) in [6.45, 7) is 4.03. The monoisotopic (exact) mass is 388 g/mol. The third-order valence-corrected chi connectivity index (χ3v) is 5.00. The van der Waals surface area contributed by atoms with Crippen LogP contribution in [-0.2, 0) is 6.42 Å². The lowest BCUT2D eigenvalue weighted by molar-refractivity contribution is 0.0949. The van der Waals surface area contributed by atoms with Crippen molar-refractivity contribution < 1.29 is 4.79 Å². The molecule has 7 heteroatoms. The number of amides is 1. The van der Waals surface area contributed by atoms with Gasteiger partial charge < -0.3 is 15.1 Å². The number of rotatable bonds is 6. The Bertz CT molecular complexity index is 909. The highest BCUT2D eigenvalue weighted by atomic mass is 16.1. The fourth-order valence-electron chi connectivity index (χ4n) is 3.38. The Labute approximate surface area is 170 Å². The Hall–Kier alpha value is -3.48. The van der Waals surface area contributed by atoms with Crippen LogP contribution < -0.4 is 15.1 Å². The Morgan fingerprint density at radius 2 is 1.59 bits per heavy atom. The maximum Gasteiger partial charge on any atom is 0.269 e. The van der Waals surface area contributed by atoms with Crippen LogP contribution in [0.3, 0.4) is 0 Å². The maximum atomic E-state index is 12.3. The molecule has 0 radical (unpaired) electrons. The van der Waals surface area contributed by atoms with E-state index in [4.69, 9.17) is 0 Å². The van der Waals surface area contributed by atoms with Crippen LogP contribution in [0, 0.1) is 0 Å². The van der Waals surface area contributed by atoms with Crippen molar-refractivity contribution in [2.45, 2.75) is 6.42 Å². The second-order valence-electron chi connectivity index (χ2n) is 6.92. The van der Waals surface area contributed by atoms with Crippen LogP contribution in [0.4, 0.5) is 11.6 Å². The molecule has 3 aromatic rings. The molecule has 1 aromatic carbocycles. The van der Waals surface area contributed by atoms with Gasteiger partial charge in [-0.1, -0.05) is 30.3 Å². The topological polar surface area (TPSA) is 74.2 Å². The van der Waals surface area contributed by atoms with Crippen molar-refractivity contribution in [3.8, 4) is 0 Å². The average molecular weight is 388 g/mol. The third kappa shape index (κ3) is 4.87. The fraction of sp³-hybridized carbons (Fsp3) is 0.273. The summed E-state index contributed by atoms with van der Waals surface area (Å²) >= 11 is 0. The van der Waals surface area contributed by atoms with Gasteiger partial charge in [0.25, 0.3) is 5.91 Å². The van der Waals surface area contributed by atoms with Gasteiger partial charge in [-0.05, 0) is 30.2 Å². The van der Waals surface area contributed by atoms with E-state index < -0.39 is 0 Å². The number of carbonyl (C=O) groups is 1. The molecule has 3 heterocycles. The summed E-state index contributed by atoms with van der Waals surface area (Å²) < 4.78 is 0. The van der Waals surface area contributed by atoms with Crippen molar-refractivity contribution in [1.82, 2.24) is 20.3 Å². The SMILES string of the molecule is O=C(NCCc1ccccc1)c1ccc(N2CCN(c3ncccn3)CC2)cn1. The molecule has 0 atom stereocenters. The van der Waals surface area contributed by atoms with Crippen molar-refractivity contribution >= 4 is 17.5 Å². The first-order valence-corrected chi connectivity index (χ1v) is 9.85. The van der Waals surface area contributed by atoms with Crippen LogP contribution in [0.15, 0.2) is 67.1 Å². The largest absolute Gasteiger partial charge is 0.367 e. The standard InChI is InChI=1S/C22H24N6O/c29-21(23-12-9-18-5-2-1-3-6-18)20-8-7-19(17-26-20)27-13-15-28(16-14-27)22-24-10-4-11-25-22/h1-8,10-11,17H,9,12-16H2,(H,23,29). The predicted molar refractivity (Wildman–Crippen MR) is 113 cm³/mol. The quantitative estimate of drug-likeness (QED) is 0.698. The summed E-state index contributed by atoms with van der Waals surface area (Å²) in [4.78, 5) is 29.8. The van der Waals surface area contributed by atoms with Crippen molar-refractivity contribution in [2.24, 2.45) is 0 Å². The first-order valence-electron chi connectivity index (χ1n) is 9.85. The summed E-state index contributed by atoms with van der Waals surface area (Å²) in [5.74, 6) is 0.631. The van der Waals surface area contributed by atoms with E-state index in [1.54, 1.807) is 24.7 Å². The molecule has 1 N–H and O–H groups in total. The highest BCUT2D eigenvalue weighted by Crippen LogP contribution is 2.17. The molecule has 1 amide bonds. The van der Waals surface area contributed by atoms with E-state index in [0.717, 1.165) is 44.2 Å². The molecule has 1 aliphatic heterocycles. The summed E-state index contributed by atoms with van der Waals surface area (Å²) in [7, 11) is 0. The molecular formula is C22H24N6O. The van der Waals surface area contributed by atoms with Gasteiger partial charge in [0, 0.05) is 45.1 Å². The van der Waals surface area contributed by atoms with Gasteiger partial charge in [-0.2, -0.15) is 0 Å². The Morgan fingerprint density at radius 3 is 2.28 bits per heavy atom. The number of anilines is 2. The van der Waals surface area contributed by atoms with Crippen molar-refractivity contribution in [3.63, 3.8) is 0 Å². The van der Waals surface area contributed by atoms with E-state index in [9.17, 15) is 4.79 Å². The average Bonchev–Trinajstić information content (AvgIpc) is 2.80. The van der Waals surface area contributed by atoms with Gasteiger partial charge in [0.15, 0.2) is 0 Å². The smallest absolute Gasteiger partial charge is 0.269 e. The van der Waals surface area contributed by atoms with Gasteiger partial charge in [-0.15, -0.1) is 0 Å². The molecule has 0 saturated carbocycles. The summed E-state index contributed by atoms with van der Waals surface area (Å²) in [5, 5.41) is 2.93. The highest BCUT2D eigenvalue weighted by Gasteiger charge is 2.19. The highest BCUT2D eigenvalue weighted by molar-refractivity contribution is 5.92. The number of aromatic nitrogens is 3. The number of hydrogen-bond acceptors (Lipinski definition) is 6. The zero-order chi connectivity index (χ0) is 19.9. The predicted octanol–water partition coefficient (Wildman–Crippen LogP) is 2.17. The minimum absolute atomic E-state index is 0.140. The second-order valence-corrected chi connectivity index (χ2v) is 6.92. The van der Waals surface area contributed by atoms with Crippen LogP contribution in [0.25, 0.3) is 0 Å². The number of benzene rings is 1. The summed E-state index contributed by atoms with van der Waals surface area (Å²) in [6.07, 6.45) is 6.12.